The number of fused-ring (bicyclic) bond motifs is 2. The Kier molecular flexibility index (Phi) is 3.83. The summed E-state index contributed by atoms with van der Waals surface area (Å²) in [6, 6.07) is 13.3. The summed E-state index contributed by atoms with van der Waals surface area (Å²) in [5, 5.41) is 1.11. The highest BCUT2D eigenvalue weighted by atomic mass is 19.1. The molecule has 3 aromatic heterocycles. The van der Waals surface area contributed by atoms with Crippen LogP contribution in [0.2, 0.25) is 0 Å². The highest BCUT2D eigenvalue weighted by Crippen LogP contribution is 2.32. The average molecular weight is 387 g/mol. The number of rotatable bonds is 3. The average Bonchev–Trinajstić information content (AvgIpc) is 3.12. The van der Waals surface area contributed by atoms with Gasteiger partial charge in [-0.3, -0.25) is 0 Å². The largest absolute Gasteiger partial charge is 0.425 e. The first kappa shape index (κ1) is 17.1. The van der Waals surface area contributed by atoms with E-state index in [9.17, 15) is 9.18 Å². The maximum atomic E-state index is 14.0. The number of halogens is 1. The molecule has 0 unspecified atom stereocenters. The summed E-state index contributed by atoms with van der Waals surface area (Å²) in [5.74, 6) is 0.257. The molecule has 0 aliphatic carbocycles. The minimum atomic E-state index is -0.464. The van der Waals surface area contributed by atoms with Gasteiger partial charge in [-0.2, -0.15) is 0 Å². The van der Waals surface area contributed by atoms with E-state index in [1.165, 1.54) is 18.5 Å². The van der Waals surface area contributed by atoms with Crippen LogP contribution in [0.4, 0.5) is 10.2 Å². The smallest absolute Gasteiger partial charge is 0.343 e. The van der Waals surface area contributed by atoms with Crippen LogP contribution >= 0.6 is 0 Å². The van der Waals surface area contributed by atoms with E-state index < -0.39 is 5.63 Å². The van der Waals surface area contributed by atoms with Crippen LogP contribution in [0.1, 0.15) is 5.76 Å². The van der Waals surface area contributed by atoms with Crippen molar-refractivity contribution in [2.24, 2.45) is 0 Å². The van der Waals surface area contributed by atoms with Gasteiger partial charge in [0, 0.05) is 10.9 Å². The van der Waals surface area contributed by atoms with Gasteiger partial charge in [-0.25, -0.2) is 24.1 Å². The maximum absolute atomic E-state index is 14.0. The number of nitrogen functional groups attached to an aromatic ring is 1. The summed E-state index contributed by atoms with van der Waals surface area (Å²) >= 11 is 0. The lowest BCUT2D eigenvalue weighted by atomic mass is 9.98. The Morgan fingerprint density at radius 3 is 2.69 bits per heavy atom. The van der Waals surface area contributed by atoms with Gasteiger partial charge < -0.3 is 14.7 Å². The molecule has 5 aromatic rings. The van der Waals surface area contributed by atoms with Crippen molar-refractivity contribution in [1.29, 1.82) is 0 Å². The van der Waals surface area contributed by atoms with Gasteiger partial charge in [0.1, 0.15) is 23.4 Å². The fourth-order valence-corrected chi connectivity index (χ4v) is 3.49. The Morgan fingerprint density at radius 2 is 1.86 bits per heavy atom. The predicted molar refractivity (Wildman–Crippen MR) is 107 cm³/mol. The molecular formula is C21H14FN5O2. The van der Waals surface area contributed by atoms with Gasteiger partial charge >= 0.3 is 5.63 Å². The number of hydrogen-bond donors (Lipinski definition) is 1. The molecule has 0 aliphatic rings. The molecule has 0 aliphatic heterocycles. The standard InChI is InChI=1S/C21H14FN5O2/c22-13-5-3-4-12(8-13)17-14-6-1-2-7-15(14)21(28)29-16(17)9-27-11-26-18-19(23)24-10-25-20(18)27/h1-8,10-11H,9H2,(H2,23,24,25). The highest BCUT2D eigenvalue weighted by molar-refractivity contribution is 5.96. The Morgan fingerprint density at radius 1 is 1.03 bits per heavy atom. The van der Waals surface area contributed by atoms with E-state index in [-0.39, 0.29) is 18.2 Å². The number of nitrogens with zero attached hydrogens (tertiary/aromatic N) is 4. The number of benzene rings is 2. The Hall–Kier alpha value is -4.07. The van der Waals surface area contributed by atoms with Crippen LogP contribution in [-0.2, 0) is 6.54 Å². The zero-order valence-electron chi connectivity index (χ0n) is 15.0. The molecule has 2 N–H and O–H groups in total. The zero-order chi connectivity index (χ0) is 20.0. The number of anilines is 1. The van der Waals surface area contributed by atoms with Gasteiger partial charge in [-0.15, -0.1) is 0 Å². The van der Waals surface area contributed by atoms with Crippen LogP contribution < -0.4 is 11.4 Å². The molecule has 0 radical (unpaired) electrons. The Labute approximate surface area is 163 Å². The summed E-state index contributed by atoms with van der Waals surface area (Å²) in [6.45, 7) is 0.166. The Bertz CT molecular complexity index is 1440. The van der Waals surface area contributed by atoms with E-state index in [4.69, 9.17) is 10.2 Å². The number of aromatic nitrogens is 4. The third-order valence-corrected chi connectivity index (χ3v) is 4.77. The minimum absolute atomic E-state index is 0.166. The van der Waals surface area contributed by atoms with Gasteiger partial charge in [-0.05, 0) is 23.8 Å². The molecule has 29 heavy (non-hydrogen) atoms. The van der Waals surface area contributed by atoms with Crippen LogP contribution in [0, 0.1) is 5.82 Å². The quantitative estimate of drug-likeness (QED) is 0.509. The summed E-state index contributed by atoms with van der Waals surface area (Å²) in [7, 11) is 0. The molecule has 0 atom stereocenters. The van der Waals surface area contributed by atoms with Crippen molar-refractivity contribution in [1.82, 2.24) is 19.5 Å². The third kappa shape index (κ3) is 2.82. The van der Waals surface area contributed by atoms with E-state index in [0.717, 1.165) is 0 Å². The summed E-state index contributed by atoms with van der Waals surface area (Å²) < 4.78 is 21.3. The molecule has 8 heteroatoms. The van der Waals surface area contributed by atoms with Crippen molar-refractivity contribution in [3.8, 4) is 11.1 Å². The molecule has 0 spiro atoms. The van der Waals surface area contributed by atoms with Crippen molar-refractivity contribution in [2.75, 3.05) is 5.73 Å². The van der Waals surface area contributed by atoms with Crippen molar-refractivity contribution in [3.63, 3.8) is 0 Å². The van der Waals surface area contributed by atoms with Crippen LogP contribution in [0.15, 0.2) is 70.4 Å². The number of imidazole rings is 1. The molecule has 0 amide bonds. The molecule has 7 nitrogen and oxygen atoms in total. The second-order valence-corrected chi connectivity index (χ2v) is 6.55. The molecule has 5 rings (SSSR count). The normalized spacial score (nSPS) is 11.3. The number of nitrogens with two attached hydrogens (primary N) is 1. The molecular weight excluding hydrogens is 373 g/mol. The predicted octanol–water partition coefficient (Wildman–Crippen LogP) is 3.37. The monoisotopic (exact) mass is 387 g/mol. The zero-order valence-corrected chi connectivity index (χ0v) is 15.0. The topological polar surface area (TPSA) is 99.8 Å². The van der Waals surface area contributed by atoms with E-state index in [0.29, 0.717) is 38.8 Å². The van der Waals surface area contributed by atoms with E-state index >= 15 is 0 Å². The Balaban J connectivity index is 1.78. The summed E-state index contributed by atoms with van der Waals surface area (Å²) in [6.07, 6.45) is 2.90. The van der Waals surface area contributed by atoms with E-state index in [2.05, 4.69) is 15.0 Å². The first-order valence-electron chi connectivity index (χ1n) is 8.84. The van der Waals surface area contributed by atoms with Crippen LogP contribution in [-0.4, -0.2) is 19.5 Å². The first-order valence-corrected chi connectivity index (χ1v) is 8.84. The van der Waals surface area contributed by atoms with Crippen LogP contribution in [0.5, 0.6) is 0 Å². The van der Waals surface area contributed by atoms with Crippen molar-refractivity contribution in [3.05, 3.63) is 83.2 Å². The second-order valence-electron chi connectivity index (χ2n) is 6.55. The first-order chi connectivity index (χ1) is 14.1. The molecule has 0 saturated carbocycles. The summed E-state index contributed by atoms with van der Waals surface area (Å²) in [5.41, 5.74) is 7.62. The maximum Gasteiger partial charge on any atom is 0.343 e. The lowest BCUT2D eigenvalue weighted by molar-refractivity contribution is 0.458. The molecule has 3 heterocycles. The van der Waals surface area contributed by atoms with Crippen LogP contribution in [0.3, 0.4) is 0 Å². The van der Waals surface area contributed by atoms with Crippen molar-refractivity contribution in [2.45, 2.75) is 6.54 Å². The van der Waals surface area contributed by atoms with E-state index in [1.807, 2.05) is 12.1 Å². The fraction of sp³-hybridized carbons (Fsp3) is 0.0476. The molecule has 0 bridgehead atoms. The van der Waals surface area contributed by atoms with E-state index in [1.54, 1.807) is 35.2 Å². The SMILES string of the molecule is Nc1ncnc2c1ncn2Cc1oc(=O)c2ccccc2c1-c1cccc(F)c1. The lowest BCUT2D eigenvalue weighted by Gasteiger charge is -2.13. The molecule has 142 valence electrons. The third-order valence-electron chi connectivity index (χ3n) is 4.77. The minimum Gasteiger partial charge on any atom is -0.425 e. The van der Waals surface area contributed by atoms with Crippen molar-refractivity contribution < 1.29 is 8.81 Å². The number of hydrogen-bond acceptors (Lipinski definition) is 6. The van der Waals surface area contributed by atoms with Gasteiger partial charge in [0.2, 0.25) is 0 Å². The van der Waals surface area contributed by atoms with Gasteiger partial charge in [0.25, 0.3) is 0 Å². The molecule has 0 saturated heterocycles. The highest BCUT2D eigenvalue weighted by Gasteiger charge is 2.18. The van der Waals surface area contributed by atoms with Gasteiger partial charge in [0.05, 0.1) is 18.3 Å². The molecule has 0 fully saturated rings. The molecule has 2 aromatic carbocycles. The fourth-order valence-electron chi connectivity index (χ4n) is 3.49. The van der Waals surface area contributed by atoms with Gasteiger partial charge in [-0.1, -0.05) is 30.3 Å². The van der Waals surface area contributed by atoms with Gasteiger partial charge in [0.15, 0.2) is 11.5 Å². The van der Waals surface area contributed by atoms with Crippen molar-refractivity contribution >= 4 is 27.8 Å². The lowest BCUT2D eigenvalue weighted by Crippen LogP contribution is -2.09. The second kappa shape index (κ2) is 6.52. The summed E-state index contributed by atoms with van der Waals surface area (Å²) in [4.78, 5) is 25.0. The van der Waals surface area contributed by atoms with Crippen LogP contribution in [0.25, 0.3) is 33.1 Å².